The lowest BCUT2D eigenvalue weighted by Crippen LogP contribution is -1.94. The van der Waals surface area contributed by atoms with Crippen LogP contribution in [0.4, 0.5) is 0 Å². The van der Waals surface area contributed by atoms with Crippen molar-refractivity contribution in [1.82, 2.24) is 9.97 Å². The first kappa shape index (κ1) is 13.0. The smallest absolute Gasteiger partial charge is 0.212 e. The predicted molar refractivity (Wildman–Crippen MR) is 74.4 cm³/mol. The van der Waals surface area contributed by atoms with Crippen molar-refractivity contribution in [2.75, 3.05) is 7.11 Å². The first-order chi connectivity index (χ1) is 8.72. The largest absolute Gasteiger partial charge is 0.481 e. The monoisotopic (exact) mass is 262 g/mol. The number of thiazole rings is 1. The molecule has 0 aliphatic carbocycles. The molecule has 0 N–H and O–H groups in total. The molecule has 1 unspecified atom stereocenters. The molecule has 96 valence electrons. The number of rotatable bonds is 5. The SMILES string of the molecule is CCC(C)c1csc(Cc2ccc(OC)nc2)n1. The Morgan fingerprint density at radius 3 is 2.83 bits per heavy atom. The van der Waals surface area contributed by atoms with Gasteiger partial charge in [0.2, 0.25) is 5.88 Å². The van der Waals surface area contributed by atoms with Crippen molar-refractivity contribution >= 4 is 11.3 Å². The average molecular weight is 262 g/mol. The zero-order valence-corrected chi connectivity index (χ0v) is 11.8. The molecular weight excluding hydrogens is 244 g/mol. The maximum Gasteiger partial charge on any atom is 0.212 e. The Labute approximate surface area is 112 Å². The second-order valence-electron chi connectivity index (χ2n) is 4.36. The van der Waals surface area contributed by atoms with E-state index < -0.39 is 0 Å². The molecule has 18 heavy (non-hydrogen) atoms. The summed E-state index contributed by atoms with van der Waals surface area (Å²) in [5.74, 6) is 1.20. The van der Waals surface area contributed by atoms with Crippen LogP contribution in [-0.2, 0) is 6.42 Å². The van der Waals surface area contributed by atoms with E-state index in [9.17, 15) is 0 Å². The number of nitrogens with zero attached hydrogens (tertiary/aromatic N) is 2. The van der Waals surface area contributed by atoms with E-state index in [1.807, 2.05) is 18.3 Å². The standard InChI is InChI=1S/C14H18N2OS/c1-4-10(2)12-9-18-14(16-12)7-11-5-6-13(17-3)15-8-11/h5-6,8-10H,4,7H2,1-3H3. The van der Waals surface area contributed by atoms with Crippen molar-refractivity contribution in [3.63, 3.8) is 0 Å². The molecule has 0 aliphatic heterocycles. The highest BCUT2D eigenvalue weighted by Crippen LogP contribution is 2.22. The lowest BCUT2D eigenvalue weighted by atomic mass is 10.1. The molecule has 0 saturated carbocycles. The minimum absolute atomic E-state index is 0.545. The van der Waals surface area contributed by atoms with Crippen LogP contribution in [0.5, 0.6) is 5.88 Å². The molecule has 2 rings (SSSR count). The number of aromatic nitrogens is 2. The van der Waals surface area contributed by atoms with E-state index in [-0.39, 0.29) is 0 Å². The minimum Gasteiger partial charge on any atom is -0.481 e. The van der Waals surface area contributed by atoms with Crippen molar-refractivity contribution in [2.45, 2.75) is 32.6 Å². The van der Waals surface area contributed by atoms with Crippen LogP contribution >= 0.6 is 11.3 Å². The Hall–Kier alpha value is -1.42. The molecule has 0 fully saturated rings. The van der Waals surface area contributed by atoms with Crippen molar-refractivity contribution < 1.29 is 4.74 Å². The van der Waals surface area contributed by atoms with Crippen molar-refractivity contribution in [2.24, 2.45) is 0 Å². The van der Waals surface area contributed by atoms with Gasteiger partial charge in [0.1, 0.15) is 0 Å². The van der Waals surface area contributed by atoms with Gasteiger partial charge in [-0.3, -0.25) is 0 Å². The van der Waals surface area contributed by atoms with Gasteiger partial charge in [0.15, 0.2) is 0 Å². The van der Waals surface area contributed by atoms with Gasteiger partial charge >= 0.3 is 0 Å². The van der Waals surface area contributed by atoms with Crippen LogP contribution in [-0.4, -0.2) is 17.1 Å². The summed E-state index contributed by atoms with van der Waals surface area (Å²) in [5.41, 5.74) is 2.37. The predicted octanol–water partition coefficient (Wildman–Crippen LogP) is 3.65. The van der Waals surface area contributed by atoms with Gasteiger partial charge in [0.25, 0.3) is 0 Å². The molecule has 0 amide bonds. The summed E-state index contributed by atoms with van der Waals surface area (Å²) in [6.45, 7) is 4.41. The summed E-state index contributed by atoms with van der Waals surface area (Å²) in [6.07, 6.45) is 3.83. The van der Waals surface area contributed by atoms with E-state index in [0.717, 1.165) is 17.8 Å². The van der Waals surface area contributed by atoms with Crippen LogP contribution in [0.3, 0.4) is 0 Å². The number of ether oxygens (including phenoxy) is 1. The molecule has 2 aromatic rings. The molecule has 2 aromatic heterocycles. The maximum atomic E-state index is 5.05. The summed E-state index contributed by atoms with van der Waals surface area (Å²) in [4.78, 5) is 8.88. The first-order valence-corrected chi connectivity index (χ1v) is 7.04. The fourth-order valence-corrected chi connectivity index (χ4v) is 2.60. The zero-order chi connectivity index (χ0) is 13.0. The molecule has 0 bridgehead atoms. The van der Waals surface area contributed by atoms with Gasteiger partial charge < -0.3 is 4.74 Å². The van der Waals surface area contributed by atoms with Crippen molar-refractivity contribution in [3.05, 3.63) is 40.0 Å². The van der Waals surface area contributed by atoms with E-state index in [0.29, 0.717) is 11.8 Å². The maximum absolute atomic E-state index is 5.05. The summed E-state index contributed by atoms with van der Waals surface area (Å²) < 4.78 is 5.05. The van der Waals surface area contributed by atoms with Crippen LogP contribution in [0.2, 0.25) is 0 Å². The Bertz CT molecular complexity index is 493. The summed E-state index contributed by atoms with van der Waals surface area (Å²) in [5, 5.41) is 3.32. The van der Waals surface area contributed by atoms with Crippen LogP contribution in [0.25, 0.3) is 0 Å². The van der Waals surface area contributed by atoms with E-state index in [4.69, 9.17) is 4.74 Å². The quantitative estimate of drug-likeness (QED) is 0.825. The minimum atomic E-state index is 0.545. The third-order valence-corrected chi connectivity index (χ3v) is 3.92. The highest BCUT2D eigenvalue weighted by Gasteiger charge is 2.08. The molecular formula is C14H18N2OS. The lowest BCUT2D eigenvalue weighted by molar-refractivity contribution is 0.397. The Morgan fingerprint density at radius 2 is 2.22 bits per heavy atom. The number of hydrogen-bond acceptors (Lipinski definition) is 4. The normalized spacial score (nSPS) is 12.4. The Morgan fingerprint density at radius 1 is 1.39 bits per heavy atom. The van der Waals surface area contributed by atoms with Gasteiger partial charge in [-0.1, -0.05) is 19.9 Å². The number of methoxy groups -OCH3 is 1. The topological polar surface area (TPSA) is 35.0 Å². The van der Waals surface area contributed by atoms with Crippen LogP contribution in [0, 0.1) is 0 Å². The second kappa shape index (κ2) is 5.96. The number of pyridine rings is 1. The fourth-order valence-electron chi connectivity index (χ4n) is 1.65. The van der Waals surface area contributed by atoms with E-state index in [1.54, 1.807) is 18.4 Å². The van der Waals surface area contributed by atoms with Crippen molar-refractivity contribution in [1.29, 1.82) is 0 Å². The van der Waals surface area contributed by atoms with Crippen LogP contribution in [0.15, 0.2) is 23.7 Å². The highest BCUT2D eigenvalue weighted by atomic mass is 32.1. The molecule has 0 radical (unpaired) electrons. The zero-order valence-electron chi connectivity index (χ0n) is 11.0. The molecule has 3 nitrogen and oxygen atoms in total. The first-order valence-electron chi connectivity index (χ1n) is 6.16. The van der Waals surface area contributed by atoms with Gasteiger partial charge in [0.05, 0.1) is 17.8 Å². The average Bonchev–Trinajstić information content (AvgIpc) is 2.87. The van der Waals surface area contributed by atoms with E-state index in [1.165, 1.54) is 11.3 Å². The van der Waals surface area contributed by atoms with Gasteiger partial charge in [0, 0.05) is 24.1 Å². The van der Waals surface area contributed by atoms with Gasteiger partial charge in [-0.05, 0) is 17.9 Å². The summed E-state index contributed by atoms with van der Waals surface area (Å²) in [7, 11) is 1.63. The van der Waals surface area contributed by atoms with E-state index >= 15 is 0 Å². The molecule has 0 saturated heterocycles. The molecule has 0 spiro atoms. The molecule has 2 heterocycles. The van der Waals surface area contributed by atoms with Crippen LogP contribution in [0.1, 0.15) is 42.5 Å². The highest BCUT2D eigenvalue weighted by molar-refractivity contribution is 7.09. The Kier molecular flexibility index (Phi) is 4.31. The molecule has 1 atom stereocenters. The molecule has 0 aromatic carbocycles. The van der Waals surface area contributed by atoms with Gasteiger partial charge in [-0.15, -0.1) is 11.3 Å². The third-order valence-electron chi connectivity index (χ3n) is 3.05. The van der Waals surface area contributed by atoms with Gasteiger partial charge in [-0.25, -0.2) is 9.97 Å². The Balaban J connectivity index is 2.06. The fraction of sp³-hybridized carbons (Fsp3) is 0.429. The number of hydrogen-bond donors (Lipinski definition) is 0. The van der Waals surface area contributed by atoms with Crippen molar-refractivity contribution in [3.8, 4) is 5.88 Å². The second-order valence-corrected chi connectivity index (χ2v) is 5.30. The molecule has 4 heteroatoms. The van der Waals surface area contributed by atoms with E-state index in [2.05, 4.69) is 29.2 Å². The summed E-state index contributed by atoms with van der Waals surface area (Å²) >= 11 is 1.73. The third kappa shape index (κ3) is 3.07. The van der Waals surface area contributed by atoms with Crippen LogP contribution < -0.4 is 4.74 Å². The lowest BCUT2D eigenvalue weighted by Gasteiger charge is -2.03. The van der Waals surface area contributed by atoms with Gasteiger partial charge in [-0.2, -0.15) is 0 Å². The summed E-state index contributed by atoms with van der Waals surface area (Å²) in [6, 6.07) is 3.93. The molecule has 0 aliphatic rings.